The summed E-state index contributed by atoms with van der Waals surface area (Å²) in [6, 6.07) is 4.17. The van der Waals surface area contributed by atoms with Crippen molar-refractivity contribution in [3.05, 3.63) is 22.8 Å². The van der Waals surface area contributed by atoms with Crippen LogP contribution in [0.5, 0.6) is 0 Å². The van der Waals surface area contributed by atoms with Gasteiger partial charge in [0.1, 0.15) is 5.82 Å². The number of hydrogen-bond donors (Lipinski definition) is 1. The van der Waals surface area contributed by atoms with Gasteiger partial charge < -0.3 is 15.5 Å². The van der Waals surface area contributed by atoms with Gasteiger partial charge in [-0.1, -0.05) is 6.42 Å². The second-order valence-electron chi connectivity index (χ2n) is 5.37. The van der Waals surface area contributed by atoms with E-state index in [4.69, 9.17) is 5.73 Å². The first-order valence-corrected chi connectivity index (χ1v) is 8.38. The number of rotatable bonds is 6. The summed E-state index contributed by atoms with van der Waals surface area (Å²) >= 11 is 3.44. The molecule has 0 radical (unpaired) electrons. The molecule has 0 amide bonds. The second kappa shape index (κ2) is 8.60. The maximum absolute atomic E-state index is 5.54. The molecule has 0 aliphatic carbocycles. The monoisotopic (exact) mass is 340 g/mol. The summed E-state index contributed by atoms with van der Waals surface area (Å²) in [5, 5.41) is 0. The van der Waals surface area contributed by atoms with Crippen LogP contribution in [-0.2, 0) is 0 Å². The van der Waals surface area contributed by atoms with E-state index in [1.165, 1.54) is 32.4 Å². The molecule has 1 aromatic rings. The molecule has 2 N–H and O–H groups in total. The van der Waals surface area contributed by atoms with Crippen LogP contribution in [0.3, 0.4) is 0 Å². The summed E-state index contributed by atoms with van der Waals surface area (Å²) in [7, 11) is 0. The van der Waals surface area contributed by atoms with Gasteiger partial charge in [-0.15, -0.1) is 0 Å². The zero-order chi connectivity index (χ0) is 14.2. The Morgan fingerprint density at radius 1 is 1.10 bits per heavy atom. The quantitative estimate of drug-likeness (QED) is 0.808. The number of halogens is 1. The van der Waals surface area contributed by atoms with Crippen molar-refractivity contribution in [1.29, 1.82) is 0 Å². The average Bonchev–Trinajstić information content (AvgIpc) is 2.70. The Kier molecular flexibility index (Phi) is 6.76. The summed E-state index contributed by atoms with van der Waals surface area (Å²) in [6.07, 6.45) is 6.78. The van der Waals surface area contributed by atoms with E-state index < -0.39 is 0 Å². The highest BCUT2D eigenvalue weighted by atomic mass is 79.9. The number of nitrogens with two attached hydrogens (primary N) is 1. The van der Waals surface area contributed by atoms with Crippen LogP contribution < -0.4 is 10.6 Å². The summed E-state index contributed by atoms with van der Waals surface area (Å²) in [5.41, 5.74) is 5.54. The fourth-order valence-electron chi connectivity index (χ4n) is 2.64. The van der Waals surface area contributed by atoms with Crippen LogP contribution in [0, 0.1) is 0 Å². The molecule has 0 saturated carbocycles. The summed E-state index contributed by atoms with van der Waals surface area (Å²) in [5.74, 6) is 1.10. The minimum Gasteiger partial charge on any atom is -0.355 e. The number of unbranched alkanes of at least 4 members (excludes halogenated alkanes) is 2. The Morgan fingerprint density at radius 3 is 2.75 bits per heavy atom. The molecule has 0 spiro atoms. The third-order valence-electron chi connectivity index (χ3n) is 3.80. The lowest BCUT2D eigenvalue weighted by Crippen LogP contribution is -2.31. The van der Waals surface area contributed by atoms with Gasteiger partial charge >= 0.3 is 0 Å². The van der Waals surface area contributed by atoms with E-state index in [1.54, 1.807) is 0 Å². The standard InChI is InChI=1S/C15H25BrN4/c16-14-5-6-15(18-13-14)20-10-4-9-19(11-12-20)8-3-1-2-7-17/h5-6,13H,1-4,7-12,17H2. The van der Waals surface area contributed by atoms with Crippen LogP contribution in [0.25, 0.3) is 0 Å². The van der Waals surface area contributed by atoms with Crippen molar-refractivity contribution in [2.24, 2.45) is 5.73 Å². The molecule has 1 fully saturated rings. The first-order chi connectivity index (χ1) is 9.79. The fraction of sp³-hybridized carbons (Fsp3) is 0.667. The SMILES string of the molecule is NCCCCCN1CCCN(c2ccc(Br)cn2)CC1. The average molecular weight is 341 g/mol. The van der Waals surface area contributed by atoms with Crippen molar-refractivity contribution in [2.45, 2.75) is 25.7 Å². The molecule has 0 unspecified atom stereocenters. The lowest BCUT2D eigenvalue weighted by molar-refractivity contribution is 0.286. The highest BCUT2D eigenvalue weighted by Gasteiger charge is 2.15. The van der Waals surface area contributed by atoms with Gasteiger partial charge in [-0.25, -0.2) is 4.98 Å². The Labute approximate surface area is 130 Å². The van der Waals surface area contributed by atoms with Gasteiger partial charge in [0.05, 0.1) is 0 Å². The molecule has 2 heterocycles. The topological polar surface area (TPSA) is 45.4 Å². The summed E-state index contributed by atoms with van der Waals surface area (Å²) < 4.78 is 1.04. The molecule has 1 aliphatic rings. The Bertz CT molecular complexity index is 382. The van der Waals surface area contributed by atoms with Crippen molar-refractivity contribution in [3.63, 3.8) is 0 Å². The first kappa shape index (κ1) is 15.7. The van der Waals surface area contributed by atoms with E-state index in [0.717, 1.165) is 42.9 Å². The van der Waals surface area contributed by atoms with E-state index in [-0.39, 0.29) is 0 Å². The molecule has 20 heavy (non-hydrogen) atoms. The van der Waals surface area contributed by atoms with E-state index in [9.17, 15) is 0 Å². The van der Waals surface area contributed by atoms with Crippen molar-refractivity contribution in [2.75, 3.05) is 44.2 Å². The molecule has 0 atom stereocenters. The highest BCUT2D eigenvalue weighted by Crippen LogP contribution is 2.16. The van der Waals surface area contributed by atoms with E-state index >= 15 is 0 Å². The van der Waals surface area contributed by atoms with E-state index in [1.807, 2.05) is 6.20 Å². The van der Waals surface area contributed by atoms with Crippen molar-refractivity contribution >= 4 is 21.7 Å². The number of anilines is 1. The van der Waals surface area contributed by atoms with Crippen LogP contribution in [0.15, 0.2) is 22.8 Å². The van der Waals surface area contributed by atoms with Gasteiger partial charge in [-0.05, 0) is 67.0 Å². The van der Waals surface area contributed by atoms with Gasteiger partial charge in [0, 0.05) is 30.3 Å². The molecular formula is C15H25BrN4. The molecule has 1 saturated heterocycles. The van der Waals surface area contributed by atoms with Crippen molar-refractivity contribution in [3.8, 4) is 0 Å². The largest absolute Gasteiger partial charge is 0.355 e. The number of hydrogen-bond acceptors (Lipinski definition) is 4. The predicted octanol–water partition coefficient (Wildman–Crippen LogP) is 2.49. The van der Waals surface area contributed by atoms with Gasteiger partial charge in [-0.2, -0.15) is 0 Å². The Balaban J connectivity index is 1.78. The maximum atomic E-state index is 5.54. The Hall–Kier alpha value is -0.650. The normalized spacial score (nSPS) is 17.2. The van der Waals surface area contributed by atoms with E-state index in [2.05, 4.69) is 42.8 Å². The molecule has 2 rings (SSSR count). The van der Waals surface area contributed by atoms with Crippen LogP contribution in [0.2, 0.25) is 0 Å². The number of aromatic nitrogens is 1. The van der Waals surface area contributed by atoms with Gasteiger partial charge in [-0.3, -0.25) is 0 Å². The van der Waals surface area contributed by atoms with Crippen LogP contribution in [0.4, 0.5) is 5.82 Å². The first-order valence-electron chi connectivity index (χ1n) is 7.58. The van der Waals surface area contributed by atoms with E-state index in [0.29, 0.717) is 0 Å². The van der Waals surface area contributed by atoms with Crippen LogP contribution >= 0.6 is 15.9 Å². The molecule has 1 aromatic heterocycles. The lowest BCUT2D eigenvalue weighted by Gasteiger charge is -2.22. The fourth-order valence-corrected chi connectivity index (χ4v) is 2.87. The van der Waals surface area contributed by atoms with Gasteiger partial charge in [0.2, 0.25) is 0 Å². The smallest absolute Gasteiger partial charge is 0.128 e. The van der Waals surface area contributed by atoms with Crippen molar-refractivity contribution in [1.82, 2.24) is 9.88 Å². The number of nitrogens with zero attached hydrogens (tertiary/aromatic N) is 3. The lowest BCUT2D eigenvalue weighted by atomic mass is 10.2. The molecule has 1 aliphatic heterocycles. The zero-order valence-electron chi connectivity index (χ0n) is 12.1. The molecule has 0 aromatic carbocycles. The number of pyridine rings is 1. The zero-order valence-corrected chi connectivity index (χ0v) is 13.7. The third-order valence-corrected chi connectivity index (χ3v) is 4.27. The molecule has 0 bridgehead atoms. The van der Waals surface area contributed by atoms with Crippen LogP contribution in [0.1, 0.15) is 25.7 Å². The minimum absolute atomic E-state index is 0.822. The minimum atomic E-state index is 0.822. The maximum Gasteiger partial charge on any atom is 0.128 e. The van der Waals surface area contributed by atoms with Gasteiger partial charge in [0.15, 0.2) is 0 Å². The molecular weight excluding hydrogens is 316 g/mol. The second-order valence-corrected chi connectivity index (χ2v) is 6.28. The third kappa shape index (κ3) is 5.04. The van der Waals surface area contributed by atoms with Gasteiger partial charge in [0.25, 0.3) is 0 Å². The highest BCUT2D eigenvalue weighted by molar-refractivity contribution is 9.10. The molecule has 112 valence electrons. The predicted molar refractivity (Wildman–Crippen MR) is 88.1 cm³/mol. The Morgan fingerprint density at radius 2 is 2.00 bits per heavy atom. The van der Waals surface area contributed by atoms with Crippen LogP contribution in [-0.4, -0.2) is 49.2 Å². The van der Waals surface area contributed by atoms with Crippen molar-refractivity contribution < 1.29 is 0 Å². The summed E-state index contributed by atoms with van der Waals surface area (Å²) in [4.78, 5) is 9.48. The summed E-state index contributed by atoms with van der Waals surface area (Å²) in [6.45, 7) is 6.56. The molecule has 5 heteroatoms. The molecule has 4 nitrogen and oxygen atoms in total.